The minimum Gasteiger partial charge on any atom is -0.447 e. The van der Waals surface area contributed by atoms with Crippen molar-refractivity contribution in [2.45, 2.75) is 26.2 Å². The molecule has 1 aromatic heterocycles. The van der Waals surface area contributed by atoms with Crippen molar-refractivity contribution in [3.05, 3.63) is 42.4 Å². The summed E-state index contributed by atoms with van der Waals surface area (Å²) in [6.07, 6.45) is 1.44. The van der Waals surface area contributed by atoms with Gasteiger partial charge in [0.05, 0.1) is 6.54 Å². The quantitative estimate of drug-likeness (QED) is 0.940. The van der Waals surface area contributed by atoms with E-state index < -0.39 is 0 Å². The standard InChI is InChI=1S/C17H20N4O2/c1-17(2,3)15-18-8-7-14(20-15)19-12-5-4-6-13(11-12)21-9-10-23-16(21)22/h4-8,11H,9-10H2,1-3H3,(H,18,19,20). The molecule has 2 heterocycles. The van der Waals surface area contributed by atoms with Gasteiger partial charge >= 0.3 is 6.09 Å². The van der Waals surface area contributed by atoms with E-state index in [0.29, 0.717) is 13.2 Å². The molecule has 1 aliphatic rings. The molecule has 120 valence electrons. The maximum Gasteiger partial charge on any atom is 0.414 e. The fraction of sp³-hybridized carbons (Fsp3) is 0.353. The molecule has 0 spiro atoms. The highest BCUT2D eigenvalue weighted by atomic mass is 16.6. The average Bonchev–Trinajstić information content (AvgIpc) is 2.93. The lowest BCUT2D eigenvalue weighted by atomic mass is 9.96. The van der Waals surface area contributed by atoms with E-state index in [1.165, 1.54) is 0 Å². The van der Waals surface area contributed by atoms with Crippen LogP contribution in [-0.2, 0) is 10.2 Å². The second kappa shape index (κ2) is 5.87. The van der Waals surface area contributed by atoms with E-state index in [0.717, 1.165) is 23.0 Å². The fourth-order valence-electron chi connectivity index (χ4n) is 2.32. The molecule has 0 radical (unpaired) electrons. The van der Waals surface area contributed by atoms with Crippen LogP contribution in [0.3, 0.4) is 0 Å². The average molecular weight is 312 g/mol. The molecule has 6 heteroatoms. The van der Waals surface area contributed by atoms with Crippen molar-refractivity contribution in [1.29, 1.82) is 0 Å². The van der Waals surface area contributed by atoms with Gasteiger partial charge in [-0.1, -0.05) is 26.8 Å². The Hall–Kier alpha value is -2.63. The number of hydrogen-bond acceptors (Lipinski definition) is 5. The number of benzene rings is 1. The summed E-state index contributed by atoms with van der Waals surface area (Å²) < 4.78 is 4.98. The van der Waals surface area contributed by atoms with Gasteiger partial charge in [0.15, 0.2) is 0 Å². The number of cyclic esters (lactones) is 1. The van der Waals surface area contributed by atoms with Crippen molar-refractivity contribution in [3.8, 4) is 0 Å². The molecule has 0 bridgehead atoms. The topological polar surface area (TPSA) is 67.3 Å². The number of carbonyl (C=O) groups is 1. The van der Waals surface area contributed by atoms with E-state index in [9.17, 15) is 4.79 Å². The van der Waals surface area contributed by atoms with Crippen LogP contribution < -0.4 is 10.2 Å². The fourth-order valence-corrected chi connectivity index (χ4v) is 2.32. The van der Waals surface area contributed by atoms with E-state index in [1.807, 2.05) is 30.3 Å². The first-order valence-electron chi connectivity index (χ1n) is 7.58. The molecular weight excluding hydrogens is 292 g/mol. The lowest BCUT2D eigenvalue weighted by Gasteiger charge is -2.18. The smallest absolute Gasteiger partial charge is 0.414 e. The molecule has 0 atom stereocenters. The molecule has 0 unspecified atom stereocenters. The van der Waals surface area contributed by atoms with Crippen molar-refractivity contribution >= 4 is 23.3 Å². The molecule has 0 aliphatic carbocycles. The number of ether oxygens (including phenoxy) is 1. The van der Waals surface area contributed by atoms with Crippen LogP contribution in [-0.4, -0.2) is 29.2 Å². The van der Waals surface area contributed by atoms with Crippen molar-refractivity contribution in [3.63, 3.8) is 0 Å². The Kier molecular flexibility index (Phi) is 3.90. The van der Waals surface area contributed by atoms with Crippen LogP contribution in [0.1, 0.15) is 26.6 Å². The van der Waals surface area contributed by atoms with Crippen LogP contribution >= 0.6 is 0 Å². The van der Waals surface area contributed by atoms with Crippen LogP contribution in [0, 0.1) is 0 Å². The molecule has 1 amide bonds. The Bertz CT molecular complexity index is 725. The van der Waals surface area contributed by atoms with Crippen LogP contribution in [0.25, 0.3) is 0 Å². The molecule has 2 aromatic rings. The van der Waals surface area contributed by atoms with Crippen LogP contribution in [0.15, 0.2) is 36.5 Å². The third-order valence-corrected chi connectivity index (χ3v) is 3.52. The van der Waals surface area contributed by atoms with Crippen molar-refractivity contribution in [1.82, 2.24) is 9.97 Å². The Morgan fingerprint density at radius 1 is 1.26 bits per heavy atom. The number of anilines is 3. The number of aromatic nitrogens is 2. The maximum absolute atomic E-state index is 11.7. The van der Waals surface area contributed by atoms with Gasteiger partial charge in [-0.15, -0.1) is 0 Å². The second-order valence-corrected chi connectivity index (χ2v) is 6.46. The zero-order valence-electron chi connectivity index (χ0n) is 13.5. The van der Waals surface area contributed by atoms with E-state index in [1.54, 1.807) is 11.1 Å². The summed E-state index contributed by atoms with van der Waals surface area (Å²) in [7, 11) is 0. The van der Waals surface area contributed by atoms with Gasteiger partial charge in [-0.2, -0.15) is 0 Å². The molecule has 1 aliphatic heterocycles. The molecule has 1 saturated heterocycles. The Morgan fingerprint density at radius 2 is 2.09 bits per heavy atom. The first kappa shape index (κ1) is 15.3. The van der Waals surface area contributed by atoms with Crippen LogP contribution in [0.2, 0.25) is 0 Å². The highest BCUT2D eigenvalue weighted by molar-refractivity contribution is 5.90. The number of carbonyl (C=O) groups excluding carboxylic acids is 1. The summed E-state index contributed by atoms with van der Waals surface area (Å²) in [5.41, 5.74) is 1.56. The number of rotatable bonds is 3. The summed E-state index contributed by atoms with van der Waals surface area (Å²) in [6.45, 7) is 7.23. The summed E-state index contributed by atoms with van der Waals surface area (Å²) in [6, 6.07) is 9.45. The number of amides is 1. The molecule has 23 heavy (non-hydrogen) atoms. The highest BCUT2D eigenvalue weighted by Crippen LogP contribution is 2.25. The maximum atomic E-state index is 11.7. The molecule has 0 saturated carbocycles. The summed E-state index contributed by atoms with van der Waals surface area (Å²) in [5, 5.41) is 3.27. The van der Waals surface area contributed by atoms with Gasteiger partial charge in [-0.25, -0.2) is 14.8 Å². The van der Waals surface area contributed by atoms with Gasteiger partial charge < -0.3 is 10.1 Å². The molecule has 1 N–H and O–H groups in total. The van der Waals surface area contributed by atoms with Crippen molar-refractivity contribution in [2.24, 2.45) is 0 Å². The number of hydrogen-bond donors (Lipinski definition) is 1. The minimum atomic E-state index is -0.306. The molecule has 3 rings (SSSR count). The predicted octanol–water partition coefficient (Wildman–Crippen LogP) is 3.47. The van der Waals surface area contributed by atoms with E-state index >= 15 is 0 Å². The number of nitrogens with one attached hydrogen (secondary N) is 1. The highest BCUT2D eigenvalue weighted by Gasteiger charge is 2.23. The monoisotopic (exact) mass is 312 g/mol. The van der Waals surface area contributed by atoms with Gasteiger partial charge in [0.2, 0.25) is 0 Å². The number of nitrogens with zero attached hydrogens (tertiary/aromatic N) is 3. The van der Waals surface area contributed by atoms with E-state index in [2.05, 4.69) is 36.1 Å². The molecule has 1 fully saturated rings. The van der Waals surface area contributed by atoms with E-state index in [-0.39, 0.29) is 11.5 Å². The normalized spacial score (nSPS) is 14.7. The van der Waals surface area contributed by atoms with Crippen LogP contribution in [0.5, 0.6) is 0 Å². The van der Waals surface area contributed by atoms with Crippen molar-refractivity contribution < 1.29 is 9.53 Å². The lowest BCUT2D eigenvalue weighted by Crippen LogP contribution is -2.23. The van der Waals surface area contributed by atoms with Gasteiger partial charge in [-0.05, 0) is 24.3 Å². The Balaban J connectivity index is 1.82. The molecular formula is C17H20N4O2. The molecule has 1 aromatic carbocycles. The Morgan fingerprint density at radius 3 is 2.78 bits per heavy atom. The summed E-state index contributed by atoms with van der Waals surface area (Å²) in [5.74, 6) is 1.51. The zero-order chi connectivity index (χ0) is 16.4. The zero-order valence-corrected chi connectivity index (χ0v) is 13.5. The summed E-state index contributed by atoms with van der Waals surface area (Å²) in [4.78, 5) is 22.2. The first-order chi connectivity index (χ1) is 10.9. The van der Waals surface area contributed by atoms with E-state index in [4.69, 9.17) is 4.74 Å². The second-order valence-electron chi connectivity index (χ2n) is 6.46. The van der Waals surface area contributed by atoms with Gasteiger partial charge in [0.25, 0.3) is 0 Å². The lowest BCUT2D eigenvalue weighted by molar-refractivity contribution is 0.181. The first-order valence-corrected chi connectivity index (χ1v) is 7.58. The molecule has 6 nitrogen and oxygen atoms in total. The van der Waals surface area contributed by atoms with Gasteiger partial charge in [0.1, 0.15) is 18.2 Å². The minimum absolute atomic E-state index is 0.112. The predicted molar refractivity (Wildman–Crippen MR) is 89.2 cm³/mol. The largest absolute Gasteiger partial charge is 0.447 e. The SMILES string of the molecule is CC(C)(C)c1nccc(Nc2cccc(N3CCOC3=O)c2)n1. The van der Waals surface area contributed by atoms with Gasteiger partial charge in [0, 0.05) is 23.0 Å². The third kappa shape index (κ3) is 3.41. The third-order valence-electron chi connectivity index (χ3n) is 3.52. The van der Waals surface area contributed by atoms with Crippen LogP contribution in [0.4, 0.5) is 22.0 Å². The Labute approximate surface area is 135 Å². The summed E-state index contributed by atoms with van der Waals surface area (Å²) >= 11 is 0. The van der Waals surface area contributed by atoms with Gasteiger partial charge in [-0.3, -0.25) is 4.90 Å². The van der Waals surface area contributed by atoms with Crippen molar-refractivity contribution in [2.75, 3.05) is 23.4 Å².